The van der Waals surface area contributed by atoms with Gasteiger partial charge in [-0.05, 0) is 13.5 Å². The molecular weight excluding hydrogens is 330 g/mol. The van der Waals surface area contributed by atoms with Gasteiger partial charge in [0.25, 0.3) is 0 Å². The molecule has 1 unspecified atom stereocenters. The van der Waals surface area contributed by atoms with Gasteiger partial charge in [0.2, 0.25) is 0 Å². The topological polar surface area (TPSA) is 95.9 Å². The van der Waals surface area contributed by atoms with Gasteiger partial charge in [-0.2, -0.15) is 8.42 Å². The van der Waals surface area contributed by atoms with Crippen LogP contribution < -0.4 is 5.32 Å². The van der Waals surface area contributed by atoms with E-state index in [2.05, 4.69) is 16.4 Å². The third kappa shape index (κ3) is 26.7. The molecule has 0 bridgehead atoms. The van der Waals surface area contributed by atoms with E-state index in [1.807, 2.05) is 7.05 Å². The zero-order chi connectivity index (χ0) is 18.7. The van der Waals surface area contributed by atoms with Crippen molar-refractivity contribution in [3.8, 4) is 0 Å². The first kappa shape index (κ1) is 26.0. The Morgan fingerprint density at radius 1 is 0.917 bits per heavy atom. The van der Waals surface area contributed by atoms with Crippen molar-refractivity contribution in [2.24, 2.45) is 0 Å². The number of aliphatic hydroxyl groups excluding tert-OH is 1. The van der Waals surface area contributed by atoms with Gasteiger partial charge in [-0.25, -0.2) is 0 Å². The zero-order valence-electron chi connectivity index (χ0n) is 15.8. The maximum atomic E-state index is 9.53. The van der Waals surface area contributed by atoms with Gasteiger partial charge in [0, 0.05) is 6.54 Å². The van der Waals surface area contributed by atoms with E-state index in [1.54, 1.807) is 0 Å². The summed E-state index contributed by atoms with van der Waals surface area (Å²) >= 11 is 0. The average molecular weight is 370 g/mol. The monoisotopic (exact) mass is 369 g/mol. The van der Waals surface area contributed by atoms with Gasteiger partial charge >= 0.3 is 10.4 Å². The number of likely N-dealkylation sites (N-methyl/N-ethyl adjacent to an activating group) is 1. The van der Waals surface area contributed by atoms with E-state index >= 15 is 0 Å². The van der Waals surface area contributed by atoms with Gasteiger partial charge in [-0.1, -0.05) is 77.6 Å². The second-order valence-corrected chi connectivity index (χ2v) is 7.32. The third-order valence-corrected chi connectivity index (χ3v) is 4.21. The Labute approximate surface area is 149 Å². The summed E-state index contributed by atoms with van der Waals surface area (Å²) in [7, 11) is -1.40. The Bertz CT molecular complexity index is 336. The number of nitrogens with one attached hydrogen (secondary N) is 1. The first-order valence-corrected chi connectivity index (χ1v) is 10.6. The fraction of sp³-hybridized carbons (Fsp3) is 1.00. The quantitative estimate of drug-likeness (QED) is 0.301. The predicted octanol–water partition coefficient (Wildman–Crippen LogP) is 3.70. The highest BCUT2D eigenvalue weighted by Gasteiger charge is 2.01. The summed E-state index contributed by atoms with van der Waals surface area (Å²) in [5.74, 6) is 0. The molecule has 0 amide bonds. The van der Waals surface area contributed by atoms with Gasteiger partial charge in [-0.3, -0.25) is 8.74 Å². The molecule has 3 N–H and O–H groups in total. The molecule has 148 valence electrons. The van der Waals surface area contributed by atoms with Crippen LogP contribution in [0, 0.1) is 0 Å². The van der Waals surface area contributed by atoms with Gasteiger partial charge < -0.3 is 10.4 Å². The average Bonchev–Trinajstić information content (AvgIpc) is 2.53. The smallest absolute Gasteiger partial charge is 0.392 e. The van der Waals surface area contributed by atoms with Crippen LogP contribution in [0.2, 0.25) is 0 Å². The molecule has 0 heterocycles. The Balaban J connectivity index is 0. The van der Waals surface area contributed by atoms with Crippen molar-refractivity contribution in [2.45, 2.75) is 90.1 Å². The molecule has 0 aliphatic carbocycles. The fourth-order valence-electron chi connectivity index (χ4n) is 2.38. The van der Waals surface area contributed by atoms with Crippen molar-refractivity contribution in [3.05, 3.63) is 0 Å². The maximum Gasteiger partial charge on any atom is 0.397 e. The second kappa shape index (κ2) is 19.1. The van der Waals surface area contributed by atoms with Gasteiger partial charge in [-0.15, -0.1) is 0 Å². The van der Waals surface area contributed by atoms with E-state index in [9.17, 15) is 13.5 Å². The van der Waals surface area contributed by atoms with Crippen LogP contribution in [0.1, 0.15) is 84.0 Å². The molecule has 0 aromatic rings. The maximum absolute atomic E-state index is 9.53. The molecule has 0 aromatic carbocycles. The van der Waals surface area contributed by atoms with Crippen LogP contribution in [0.3, 0.4) is 0 Å². The van der Waals surface area contributed by atoms with Crippen molar-refractivity contribution in [3.63, 3.8) is 0 Å². The molecule has 0 saturated heterocycles. The van der Waals surface area contributed by atoms with Crippen LogP contribution in [0.5, 0.6) is 0 Å². The van der Waals surface area contributed by atoms with Gasteiger partial charge in [0.05, 0.1) is 13.2 Å². The van der Waals surface area contributed by atoms with E-state index in [4.69, 9.17) is 4.55 Å². The molecule has 0 spiro atoms. The minimum absolute atomic E-state index is 0.145. The zero-order valence-corrected chi connectivity index (χ0v) is 16.6. The minimum Gasteiger partial charge on any atom is -0.392 e. The van der Waals surface area contributed by atoms with Crippen molar-refractivity contribution < 1.29 is 22.3 Å². The SMILES string of the molecule is CCCCCCCCCCCCCC(O)CNC.COS(=O)(=O)O. The predicted molar refractivity (Wildman–Crippen MR) is 99.6 cm³/mol. The van der Waals surface area contributed by atoms with Crippen molar-refractivity contribution >= 4 is 10.4 Å². The lowest BCUT2D eigenvalue weighted by Gasteiger charge is -2.09. The number of unbranched alkanes of at least 4 members (excludes halogenated alkanes) is 10. The van der Waals surface area contributed by atoms with Crippen LogP contribution >= 0.6 is 0 Å². The first-order valence-electron chi connectivity index (χ1n) is 9.23. The Kier molecular flexibility index (Phi) is 20.7. The van der Waals surface area contributed by atoms with Gasteiger partial charge in [0.15, 0.2) is 0 Å². The first-order chi connectivity index (χ1) is 11.4. The third-order valence-electron chi connectivity index (χ3n) is 3.79. The van der Waals surface area contributed by atoms with Crippen LogP contribution in [-0.2, 0) is 14.6 Å². The molecule has 0 aliphatic rings. The summed E-state index contributed by atoms with van der Waals surface area (Å²) in [5.41, 5.74) is 0. The molecule has 0 radical (unpaired) electrons. The Morgan fingerprint density at radius 2 is 1.29 bits per heavy atom. The van der Waals surface area contributed by atoms with E-state index in [1.165, 1.54) is 70.6 Å². The molecule has 1 atom stereocenters. The van der Waals surface area contributed by atoms with Crippen molar-refractivity contribution in [1.82, 2.24) is 5.32 Å². The molecule has 0 saturated carbocycles. The lowest BCUT2D eigenvalue weighted by Crippen LogP contribution is -2.23. The Morgan fingerprint density at radius 3 is 1.62 bits per heavy atom. The fourth-order valence-corrected chi connectivity index (χ4v) is 2.38. The van der Waals surface area contributed by atoms with Crippen LogP contribution in [0.4, 0.5) is 0 Å². The van der Waals surface area contributed by atoms with Crippen LogP contribution in [-0.4, -0.2) is 44.9 Å². The van der Waals surface area contributed by atoms with Crippen molar-refractivity contribution in [2.75, 3.05) is 20.7 Å². The number of hydrogen-bond donors (Lipinski definition) is 3. The Hall–Kier alpha value is -0.210. The lowest BCUT2D eigenvalue weighted by molar-refractivity contribution is 0.160. The van der Waals surface area contributed by atoms with E-state index in [-0.39, 0.29) is 6.10 Å². The standard InChI is InChI=1S/C16H35NO.CH4O4S/c1-3-4-5-6-7-8-9-10-11-12-13-14-16(18)15-17-2;1-5-6(2,3)4/h16-18H,3-15H2,1-2H3;1H3,(H,2,3,4). The van der Waals surface area contributed by atoms with E-state index in [0.717, 1.165) is 20.1 Å². The summed E-state index contributed by atoms with van der Waals surface area (Å²) in [6.07, 6.45) is 15.9. The highest BCUT2D eigenvalue weighted by molar-refractivity contribution is 7.80. The molecule has 0 fully saturated rings. The lowest BCUT2D eigenvalue weighted by atomic mass is 10.0. The summed E-state index contributed by atoms with van der Waals surface area (Å²) in [5, 5.41) is 12.5. The highest BCUT2D eigenvalue weighted by Crippen LogP contribution is 2.12. The molecular formula is C17H39NO5S. The van der Waals surface area contributed by atoms with Gasteiger partial charge in [0.1, 0.15) is 0 Å². The highest BCUT2D eigenvalue weighted by atomic mass is 32.3. The van der Waals surface area contributed by atoms with Crippen LogP contribution in [0.25, 0.3) is 0 Å². The summed E-state index contributed by atoms with van der Waals surface area (Å²) < 4.78 is 29.7. The minimum atomic E-state index is -4.16. The molecule has 0 aliphatic heterocycles. The number of rotatable bonds is 15. The number of hydrogen-bond acceptors (Lipinski definition) is 5. The molecule has 6 nitrogen and oxygen atoms in total. The summed E-state index contributed by atoms with van der Waals surface area (Å²) in [6.45, 7) is 3.01. The summed E-state index contributed by atoms with van der Waals surface area (Å²) in [6, 6.07) is 0. The van der Waals surface area contributed by atoms with E-state index in [0.29, 0.717) is 0 Å². The molecule has 24 heavy (non-hydrogen) atoms. The molecule has 0 aromatic heterocycles. The number of aliphatic hydroxyl groups is 1. The molecule has 7 heteroatoms. The molecule has 0 rings (SSSR count). The van der Waals surface area contributed by atoms with E-state index < -0.39 is 10.4 Å². The normalized spacial score (nSPS) is 12.5. The second-order valence-electron chi connectivity index (χ2n) is 6.13. The van der Waals surface area contributed by atoms with Crippen LogP contribution in [0.15, 0.2) is 0 Å². The van der Waals surface area contributed by atoms with Crippen molar-refractivity contribution in [1.29, 1.82) is 0 Å². The largest absolute Gasteiger partial charge is 0.397 e. The summed E-state index contributed by atoms with van der Waals surface area (Å²) in [4.78, 5) is 0.